The van der Waals surface area contributed by atoms with E-state index in [4.69, 9.17) is 0 Å². The van der Waals surface area contributed by atoms with Crippen LogP contribution >= 0.6 is 0 Å². The second-order valence-corrected chi connectivity index (χ2v) is 7.56. The lowest BCUT2D eigenvalue weighted by Crippen LogP contribution is -2.11. The molecule has 0 fully saturated rings. The molecule has 4 nitrogen and oxygen atoms in total. The number of carbonyl (C=O) groups excluding carboxylic acids is 2. The molecule has 0 aliphatic heterocycles. The Hall–Kier alpha value is -4.70. The maximum atomic E-state index is 12.6. The third kappa shape index (κ3) is 6.17. The third-order valence-electron chi connectivity index (χ3n) is 5.11. The molecule has 0 aromatic heterocycles. The molecule has 2 amide bonds. The fourth-order valence-corrected chi connectivity index (χ4v) is 3.47. The van der Waals surface area contributed by atoms with Crippen LogP contribution in [0.2, 0.25) is 0 Å². The summed E-state index contributed by atoms with van der Waals surface area (Å²) in [5.74, 6) is -0.466. The maximum Gasteiger partial charge on any atom is 0.248 e. The van der Waals surface area contributed by atoms with E-state index in [-0.39, 0.29) is 11.8 Å². The summed E-state index contributed by atoms with van der Waals surface area (Å²) in [6.45, 7) is 0. The first kappa shape index (κ1) is 22.5. The summed E-state index contributed by atoms with van der Waals surface area (Å²) < 4.78 is 0. The Morgan fingerprint density at radius 2 is 0.824 bits per heavy atom. The molecule has 4 rings (SSSR count). The van der Waals surface area contributed by atoms with Crippen molar-refractivity contribution in [2.24, 2.45) is 0 Å². The van der Waals surface area contributed by atoms with Crippen LogP contribution in [0.3, 0.4) is 0 Å². The van der Waals surface area contributed by atoms with Crippen molar-refractivity contribution in [1.29, 1.82) is 0 Å². The minimum absolute atomic E-state index is 0.233. The van der Waals surface area contributed by atoms with Gasteiger partial charge in [-0.3, -0.25) is 9.59 Å². The standard InChI is InChI=1S/C30H24N2O2/c33-29(21-19-23-11-3-1-4-12-23)31-27-17-9-7-15-25(27)26-16-8-10-18-28(26)32-30(34)22-20-24-13-5-2-6-14-24/h1-22H,(H,31,33)(H,32,34). The Balaban J connectivity index is 1.53. The van der Waals surface area contributed by atoms with E-state index < -0.39 is 0 Å². The molecule has 0 bridgehead atoms. The van der Waals surface area contributed by atoms with E-state index in [2.05, 4.69) is 10.6 Å². The molecule has 4 aromatic carbocycles. The average Bonchev–Trinajstić information content (AvgIpc) is 2.88. The van der Waals surface area contributed by atoms with Crippen LogP contribution in [0.25, 0.3) is 23.3 Å². The summed E-state index contributed by atoms with van der Waals surface area (Å²) >= 11 is 0. The molecule has 166 valence electrons. The van der Waals surface area contributed by atoms with Crippen molar-refractivity contribution < 1.29 is 9.59 Å². The van der Waals surface area contributed by atoms with Gasteiger partial charge in [0.15, 0.2) is 0 Å². The number of benzene rings is 4. The van der Waals surface area contributed by atoms with Gasteiger partial charge in [0.1, 0.15) is 0 Å². The van der Waals surface area contributed by atoms with Gasteiger partial charge in [-0.2, -0.15) is 0 Å². The summed E-state index contributed by atoms with van der Waals surface area (Å²) in [6, 6.07) is 34.4. The number of amides is 2. The van der Waals surface area contributed by atoms with Crippen molar-refractivity contribution in [3.63, 3.8) is 0 Å². The third-order valence-corrected chi connectivity index (χ3v) is 5.11. The van der Waals surface area contributed by atoms with Gasteiger partial charge in [-0.15, -0.1) is 0 Å². The second-order valence-electron chi connectivity index (χ2n) is 7.56. The van der Waals surface area contributed by atoms with E-state index in [0.29, 0.717) is 11.4 Å². The Labute approximate surface area is 199 Å². The van der Waals surface area contributed by atoms with E-state index in [9.17, 15) is 9.59 Å². The van der Waals surface area contributed by atoms with Gasteiger partial charge in [0.05, 0.1) is 0 Å². The van der Waals surface area contributed by atoms with Crippen LogP contribution < -0.4 is 10.6 Å². The molecule has 4 aromatic rings. The van der Waals surface area contributed by atoms with Gasteiger partial charge in [0.25, 0.3) is 0 Å². The lowest BCUT2D eigenvalue weighted by molar-refractivity contribution is -0.112. The number of nitrogens with one attached hydrogen (secondary N) is 2. The van der Waals surface area contributed by atoms with E-state index in [1.54, 1.807) is 12.2 Å². The molecule has 0 unspecified atom stereocenters. The average molecular weight is 445 g/mol. The number of hydrogen-bond acceptors (Lipinski definition) is 2. The van der Waals surface area contributed by atoms with Gasteiger partial charge in [0.2, 0.25) is 11.8 Å². The van der Waals surface area contributed by atoms with Crippen molar-refractivity contribution in [2.75, 3.05) is 10.6 Å². The van der Waals surface area contributed by atoms with E-state index >= 15 is 0 Å². The van der Waals surface area contributed by atoms with Gasteiger partial charge in [0, 0.05) is 34.7 Å². The highest BCUT2D eigenvalue weighted by atomic mass is 16.2. The number of rotatable bonds is 7. The van der Waals surface area contributed by atoms with Crippen molar-refractivity contribution in [3.05, 3.63) is 132 Å². The van der Waals surface area contributed by atoms with Crippen molar-refractivity contribution >= 4 is 35.3 Å². The maximum absolute atomic E-state index is 12.6. The molecule has 0 radical (unpaired) electrons. The predicted molar refractivity (Wildman–Crippen MR) is 140 cm³/mol. The van der Waals surface area contributed by atoms with Gasteiger partial charge in [-0.1, -0.05) is 97.1 Å². The van der Waals surface area contributed by atoms with Crippen molar-refractivity contribution in [3.8, 4) is 11.1 Å². The van der Waals surface area contributed by atoms with Crippen LogP contribution in [0.5, 0.6) is 0 Å². The zero-order valence-electron chi connectivity index (χ0n) is 18.5. The van der Waals surface area contributed by atoms with E-state index in [1.165, 1.54) is 12.2 Å². The predicted octanol–water partition coefficient (Wildman–Crippen LogP) is 6.66. The normalized spacial score (nSPS) is 10.9. The lowest BCUT2D eigenvalue weighted by atomic mass is 10.0. The quantitative estimate of drug-likeness (QED) is 0.313. The highest BCUT2D eigenvalue weighted by Gasteiger charge is 2.11. The molecule has 0 saturated carbocycles. The molecule has 0 spiro atoms. The number of para-hydroxylation sites is 2. The van der Waals surface area contributed by atoms with E-state index in [0.717, 1.165) is 22.3 Å². The Kier molecular flexibility index (Phi) is 7.44. The van der Waals surface area contributed by atoms with Gasteiger partial charge in [-0.05, 0) is 35.4 Å². The summed E-state index contributed by atoms with van der Waals surface area (Å²) in [5, 5.41) is 5.91. The lowest BCUT2D eigenvalue weighted by Gasteiger charge is -2.14. The summed E-state index contributed by atoms with van der Waals surface area (Å²) in [5.41, 5.74) is 4.84. The fraction of sp³-hybridized carbons (Fsp3) is 0. The number of hydrogen-bond donors (Lipinski definition) is 2. The van der Waals surface area contributed by atoms with Gasteiger partial charge < -0.3 is 10.6 Å². The molecule has 0 aliphatic carbocycles. The highest BCUT2D eigenvalue weighted by Crippen LogP contribution is 2.33. The fourth-order valence-electron chi connectivity index (χ4n) is 3.47. The van der Waals surface area contributed by atoms with Crippen LogP contribution in [0.15, 0.2) is 121 Å². The molecule has 2 N–H and O–H groups in total. The highest BCUT2D eigenvalue weighted by molar-refractivity contribution is 6.07. The molecule has 0 heterocycles. The zero-order valence-corrected chi connectivity index (χ0v) is 18.5. The molecule has 0 aliphatic rings. The number of anilines is 2. The van der Waals surface area contributed by atoms with Crippen LogP contribution in [0.4, 0.5) is 11.4 Å². The number of carbonyl (C=O) groups is 2. The SMILES string of the molecule is O=C(C=Cc1ccccc1)Nc1ccccc1-c1ccccc1NC(=O)C=Cc1ccccc1. The first-order valence-electron chi connectivity index (χ1n) is 11.0. The minimum Gasteiger partial charge on any atom is -0.322 e. The first-order chi connectivity index (χ1) is 16.7. The second kappa shape index (κ2) is 11.2. The van der Waals surface area contributed by atoms with Crippen molar-refractivity contribution in [2.45, 2.75) is 0 Å². The summed E-state index contributed by atoms with van der Waals surface area (Å²) in [4.78, 5) is 25.2. The van der Waals surface area contributed by atoms with Gasteiger partial charge in [-0.25, -0.2) is 0 Å². The smallest absolute Gasteiger partial charge is 0.248 e. The Morgan fingerprint density at radius 1 is 0.471 bits per heavy atom. The molecular formula is C30H24N2O2. The molecule has 0 atom stereocenters. The molecule has 34 heavy (non-hydrogen) atoms. The zero-order chi connectivity index (χ0) is 23.6. The summed E-state index contributed by atoms with van der Waals surface area (Å²) in [6.07, 6.45) is 6.55. The van der Waals surface area contributed by atoms with Crippen molar-refractivity contribution in [1.82, 2.24) is 0 Å². The Morgan fingerprint density at radius 3 is 1.24 bits per heavy atom. The van der Waals surface area contributed by atoms with Crippen LogP contribution in [0, 0.1) is 0 Å². The minimum atomic E-state index is -0.233. The largest absolute Gasteiger partial charge is 0.322 e. The van der Waals surface area contributed by atoms with Crippen LogP contribution in [0.1, 0.15) is 11.1 Å². The molecular weight excluding hydrogens is 420 g/mol. The molecule has 4 heteroatoms. The first-order valence-corrected chi connectivity index (χ1v) is 11.0. The molecule has 0 saturated heterocycles. The monoisotopic (exact) mass is 444 g/mol. The Bertz CT molecular complexity index is 1220. The topological polar surface area (TPSA) is 58.2 Å². The summed E-state index contributed by atoms with van der Waals surface area (Å²) in [7, 11) is 0. The van der Waals surface area contributed by atoms with Gasteiger partial charge >= 0.3 is 0 Å². The van der Waals surface area contributed by atoms with E-state index in [1.807, 2.05) is 109 Å². The van der Waals surface area contributed by atoms with Crippen LogP contribution in [-0.2, 0) is 9.59 Å². The van der Waals surface area contributed by atoms with Crippen LogP contribution in [-0.4, -0.2) is 11.8 Å².